The minimum atomic E-state index is -0.580. The van der Waals surface area contributed by atoms with E-state index < -0.39 is 5.60 Å². The van der Waals surface area contributed by atoms with Crippen molar-refractivity contribution in [3.63, 3.8) is 0 Å². The Hall–Kier alpha value is -0.550. The summed E-state index contributed by atoms with van der Waals surface area (Å²) in [5, 5.41) is 9.92. The first kappa shape index (κ1) is 15.3. The lowest BCUT2D eigenvalue weighted by Gasteiger charge is -2.38. The number of hydrogen-bond donors (Lipinski definition) is 1. The fourth-order valence-electron chi connectivity index (χ4n) is 3.37. The molecule has 0 spiro atoms. The zero-order chi connectivity index (χ0) is 14.9. The van der Waals surface area contributed by atoms with Crippen molar-refractivity contribution in [3.8, 4) is 0 Å². The second-order valence-corrected chi connectivity index (χ2v) is 8.00. The Kier molecular flexibility index (Phi) is 4.60. The molecule has 1 aromatic rings. The molecule has 1 atom stereocenters. The third-order valence-electron chi connectivity index (χ3n) is 4.35. The molecule has 2 aliphatic rings. The number of fused-ring (bicyclic) bond motifs is 1. The summed E-state index contributed by atoms with van der Waals surface area (Å²) in [7, 11) is 0. The summed E-state index contributed by atoms with van der Waals surface area (Å²) in [6.07, 6.45) is 0. The van der Waals surface area contributed by atoms with Gasteiger partial charge >= 0.3 is 0 Å². The van der Waals surface area contributed by atoms with E-state index in [1.165, 1.54) is 17.2 Å². The van der Waals surface area contributed by atoms with Gasteiger partial charge in [-0.2, -0.15) is 0 Å². The molecule has 21 heavy (non-hydrogen) atoms. The highest BCUT2D eigenvalue weighted by Gasteiger charge is 2.27. The van der Waals surface area contributed by atoms with Gasteiger partial charge in [0.25, 0.3) is 0 Å². The SMILES string of the molecule is CC(C)(O)CN1CCN(CC2CSc3ccccc32)CC1. The maximum Gasteiger partial charge on any atom is 0.0718 e. The van der Waals surface area contributed by atoms with Crippen molar-refractivity contribution < 1.29 is 5.11 Å². The molecule has 116 valence electrons. The van der Waals surface area contributed by atoms with E-state index in [4.69, 9.17) is 0 Å². The number of thioether (sulfide) groups is 1. The van der Waals surface area contributed by atoms with E-state index in [1.807, 2.05) is 25.6 Å². The Bertz CT molecular complexity index is 478. The number of β-amino-alcohol motifs (C(OH)–C–C–N with tert-alkyl or cyclic N) is 1. The molecule has 0 radical (unpaired) electrons. The minimum Gasteiger partial charge on any atom is -0.389 e. The van der Waals surface area contributed by atoms with Crippen molar-refractivity contribution in [2.24, 2.45) is 0 Å². The van der Waals surface area contributed by atoms with Crippen LogP contribution in [0.4, 0.5) is 0 Å². The lowest BCUT2D eigenvalue weighted by Crippen LogP contribution is -2.51. The lowest BCUT2D eigenvalue weighted by atomic mass is 10.0. The molecule has 1 saturated heterocycles. The predicted octanol–water partition coefficient (Wildman–Crippen LogP) is 2.26. The molecule has 0 aromatic heterocycles. The summed E-state index contributed by atoms with van der Waals surface area (Å²) in [6.45, 7) is 10.2. The zero-order valence-corrected chi connectivity index (χ0v) is 13.9. The average molecular weight is 306 g/mol. The second kappa shape index (κ2) is 6.29. The van der Waals surface area contributed by atoms with Crippen LogP contribution in [0.25, 0.3) is 0 Å². The van der Waals surface area contributed by atoms with Gasteiger partial charge in [0.15, 0.2) is 0 Å². The molecule has 3 nitrogen and oxygen atoms in total. The van der Waals surface area contributed by atoms with Gasteiger partial charge in [-0.25, -0.2) is 0 Å². The predicted molar refractivity (Wildman–Crippen MR) is 89.1 cm³/mol. The van der Waals surface area contributed by atoms with Crippen LogP contribution in [0.2, 0.25) is 0 Å². The molecular formula is C17H26N2OS. The van der Waals surface area contributed by atoms with Crippen LogP contribution in [0.3, 0.4) is 0 Å². The summed E-state index contributed by atoms with van der Waals surface area (Å²) >= 11 is 2.00. The Morgan fingerprint density at radius 3 is 2.52 bits per heavy atom. The number of aliphatic hydroxyl groups is 1. The van der Waals surface area contributed by atoms with E-state index in [1.54, 1.807) is 5.56 Å². The van der Waals surface area contributed by atoms with Gasteiger partial charge in [-0.15, -0.1) is 11.8 Å². The first-order chi connectivity index (χ1) is 10.0. The standard InChI is InChI=1S/C17H26N2OS/c1-17(2,20)13-19-9-7-18(8-10-19)11-14-12-21-16-6-4-3-5-15(14)16/h3-6,14,20H,7-13H2,1-2H3. The van der Waals surface area contributed by atoms with Gasteiger partial charge in [0, 0.05) is 55.8 Å². The molecule has 1 unspecified atom stereocenters. The maximum absolute atomic E-state index is 9.92. The number of rotatable bonds is 4. The topological polar surface area (TPSA) is 26.7 Å². The molecule has 2 heterocycles. The molecule has 0 saturated carbocycles. The van der Waals surface area contributed by atoms with Gasteiger partial charge in [-0.05, 0) is 25.5 Å². The van der Waals surface area contributed by atoms with Crippen molar-refractivity contribution in [3.05, 3.63) is 29.8 Å². The molecule has 1 aromatic carbocycles. The third-order valence-corrected chi connectivity index (χ3v) is 5.60. The van der Waals surface area contributed by atoms with E-state index in [9.17, 15) is 5.11 Å². The van der Waals surface area contributed by atoms with Gasteiger partial charge in [0.05, 0.1) is 5.60 Å². The van der Waals surface area contributed by atoms with E-state index in [2.05, 4.69) is 34.1 Å². The van der Waals surface area contributed by atoms with Gasteiger partial charge in [0.2, 0.25) is 0 Å². The quantitative estimate of drug-likeness (QED) is 0.923. The van der Waals surface area contributed by atoms with Crippen LogP contribution in [0.5, 0.6) is 0 Å². The first-order valence-electron chi connectivity index (χ1n) is 7.90. The number of nitrogens with zero attached hydrogens (tertiary/aromatic N) is 2. The summed E-state index contributed by atoms with van der Waals surface area (Å²) in [6, 6.07) is 8.86. The molecule has 2 aliphatic heterocycles. The maximum atomic E-state index is 9.92. The van der Waals surface area contributed by atoms with Crippen molar-refractivity contribution in [2.45, 2.75) is 30.3 Å². The Morgan fingerprint density at radius 2 is 1.81 bits per heavy atom. The monoisotopic (exact) mass is 306 g/mol. The molecule has 1 N–H and O–H groups in total. The van der Waals surface area contributed by atoms with E-state index in [-0.39, 0.29) is 0 Å². The van der Waals surface area contributed by atoms with Crippen LogP contribution >= 0.6 is 11.8 Å². The van der Waals surface area contributed by atoms with Crippen molar-refractivity contribution >= 4 is 11.8 Å². The van der Waals surface area contributed by atoms with Crippen LogP contribution < -0.4 is 0 Å². The number of benzene rings is 1. The molecule has 4 heteroatoms. The van der Waals surface area contributed by atoms with Gasteiger partial charge in [-0.1, -0.05) is 18.2 Å². The normalized spacial score (nSPS) is 24.2. The van der Waals surface area contributed by atoms with Crippen molar-refractivity contribution in [2.75, 3.05) is 45.0 Å². The van der Waals surface area contributed by atoms with E-state index in [0.29, 0.717) is 5.92 Å². The first-order valence-corrected chi connectivity index (χ1v) is 8.89. The Labute approximate surface area is 132 Å². The van der Waals surface area contributed by atoms with Crippen LogP contribution in [0, 0.1) is 0 Å². The summed E-state index contributed by atoms with van der Waals surface area (Å²) < 4.78 is 0. The molecule has 0 amide bonds. The van der Waals surface area contributed by atoms with Gasteiger partial charge in [0.1, 0.15) is 0 Å². The zero-order valence-electron chi connectivity index (χ0n) is 13.1. The molecule has 0 bridgehead atoms. The molecule has 0 aliphatic carbocycles. The highest BCUT2D eigenvalue weighted by Crippen LogP contribution is 2.39. The van der Waals surface area contributed by atoms with Gasteiger partial charge < -0.3 is 10.0 Å². The lowest BCUT2D eigenvalue weighted by molar-refractivity contribution is 0.0172. The second-order valence-electron chi connectivity index (χ2n) is 6.93. The molecule has 3 rings (SSSR count). The summed E-state index contributed by atoms with van der Waals surface area (Å²) in [5.41, 5.74) is 0.963. The highest BCUT2D eigenvalue weighted by atomic mass is 32.2. The Balaban J connectivity index is 1.50. The fraction of sp³-hybridized carbons (Fsp3) is 0.647. The van der Waals surface area contributed by atoms with Crippen LogP contribution in [0.15, 0.2) is 29.2 Å². The number of piperazine rings is 1. The summed E-state index contributed by atoms with van der Waals surface area (Å²) in [5.74, 6) is 1.91. The van der Waals surface area contributed by atoms with E-state index >= 15 is 0 Å². The fourth-order valence-corrected chi connectivity index (χ4v) is 4.61. The van der Waals surface area contributed by atoms with Gasteiger partial charge in [-0.3, -0.25) is 4.90 Å². The highest BCUT2D eigenvalue weighted by molar-refractivity contribution is 7.99. The third kappa shape index (κ3) is 4.01. The molecular weight excluding hydrogens is 280 g/mol. The largest absolute Gasteiger partial charge is 0.389 e. The Morgan fingerprint density at radius 1 is 1.14 bits per heavy atom. The number of hydrogen-bond acceptors (Lipinski definition) is 4. The smallest absolute Gasteiger partial charge is 0.0718 e. The van der Waals surface area contributed by atoms with Crippen LogP contribution in [-0.4, -0.2) is 65.5 Å². The van der Waals surface area contributed by atoms with Crippen LogP contribution in [0.1, 0.15) is 25.3 Å². The van der Waals surface area contributed by atoms with Crippen molar-refractivity contribution in [1.29, 1.82) is 0 Å². The van der Waals surface area contributed by atoms with E-state index in [0.717, 1.165) is 32.7 Å². The van der Waals surface area contributed by atoms with Crippen LogP contribution in [-0.2, 0) is 0 Å². The average Bonchev–Trinajstić information content (AvgIpc) is 2.83. The van der Waals surface area contributed by atoms with Crippen molar-refractivity contribution in [1.82, 2.24) is 9.80 Å². The summed E-state index contributed by atoms with van der Waals surface area (Å²) in [4.78, 5) is 6.45. The minimum absolute atomic E-state index is 0.580. The molecule has 1 fully saturated rings.